The van der Waals surface area contributed by atoms with Crippen molar-refractivity contribution in [2.45, 2.75) is 31.1 Å². The quantitative estimate of drug-likeness (QED) is 0.570. The molecule has 0 aromatic heterocycles. The summed E-state index contributed by atoms with van der Waals surface area (Å²) in [7, 11) is 0.722. The zero-order valence-electron chi connectivity index (χ0n) is 18.7. The molecule has 0 fully saturated rings. The van der Waals surface area contributed by atoms with Crippen molar-refractivity contribution in [1.82, 2.24) is 10.0 Å². The maximum absolute atomic E-state index is 12.5. The molecular formula is C22H30N2O6S. The lowest BCUT2D eigenvalue weighted by Gasteiger charge is -2.19. The van der Waals surface area contributed by atoms with Crippen molar-refractivity contribution in [2.75, 3.05) is 34.4 Å². The standard InChI is InChI=1S/C22H30N2O6S/c1-22(2,3)16-7-9-17(10-8-16)31(26,27)24-12-11-23-21(25)15-13-18(28-4)20(30-6)19(14-15)29-5/h7-10,13-14,24H,11-12H2,1-6H3,(H,23,25). The number of amides is 1. The molecular weight excluding hydrogens is 420 g/mol. The number of methoxy groups -OCH3 is 3. The van der Waals surface area contributed by atoms with Crippen molar-refractivity contribution in [1.29, 1.82) is 0 Å². The topological polar surface area (TPSA) is 103 Å². The van der Waals surface area contributed by atoms with E-state index in [2.05, 4.69) is 30.8 Å². The van der Waals surface area contributed by atoms with E-state index in [0.717, 1.165) is 5.56 Å². The Morgan fingerprint density at radius 1 is 0.903 bits per heavy atom. The van der Waals surface area contributed by atoms with Gasteiger partial charge in [-0.2, -0.15) is 0 Å². The molecule has 8 nitrogen and oxygen atoms in total. The smallest absolute Gasteiger partial charge is 0.251 e. The van der Waals surface area contributed by atoms with Gasteiger partial charge < -0.3 is 19.5 Å². The number of sulfonamides is 1. The number of benzene rings is 2. The van der Waals surface area contributed by atoms with Crippen LogP contribution in [-0.2, 0) is 15.4 Å². The Bertz CT molecular complexity index is 986. The predicted octanol–water partition coefficient (Wildman–Crippen LogP) is 2.72. The Balaban J connectivity index is 1.98. The normalized spacial score (nSPS) is 11.7. The third-order valence-electron chi connectivity index (χ3n) is 4.66. The van der Waals surface area contributed by atoms with E-state index in [4.69, 9.17) is 14.2 Å². The molecule has 0 atom stereocenters. The summed E-state index contributed by atoms with van der Waals surface area (Å²) in [6.07, 6.45) is 0. The van der Waals surface area contributed by atoms with Crippen LogP contribution in [0.25, 0.3) is 0 Å². The minimum Gasteiger partial charge on any atom is -0.493 e. The van der Waals surface area contributed by atoms with Crippen LogP contribution in [0.15, 0.2) is 41.3 Å². The lowest BCUT2D eigenvalue weighted by Crippen LogP contribution is -2.34. The fraction of sp³-hybridized carbons (Fsp3) is 0.409. The molecule has 0 heterocycles. The minimum atomic E-state index is -3.67. The number of ether oxygens (including phenoxy) is 3. The van der Waals surface area contributed by atoms with Gasteiger partial charge in [0.1, 0.15) is 0 Å². The first-order chi connectivity index (χ1) is 14.5. The van der Waals surface area contributed by atoms with Crippen LogP contribution in [0.4, 0.5) is 0 Å². The van der Waals surface area contributed by atoms with Crippen molar-refractivity contribution in [3.63, 3.8) is 0 Å². The molecule has 2 aromatic carbocycles. The molecule has 0 aliphatic heterocycles. The molecule has 0 unspecified atom stereocenters. The highest BCUT2D eigenvalue weighted by Gasteiger charge is 2.19. The van der Waals surface area contributed by atoms with Crippen LogP contribution in [0.3, 0.4) is 0 Å². The number of hydrogen-bond donors (Lipinski definition) is 2. The van der Waals surface area contributed by atoms with Crippen LogP contribution in [0.2, 0.25) is 0 Å². The van der Waals surface area contributed by atoms with E-state index in [-0.39, 0.29) is 23.4 Å². The van der Waals surface area contributed by atoms with Gasteiger partial charge in [-0.1, -0.05) is 32.9 Å². The Kier molecular flexibility index (Phi) is 7.91. The maximum atomic E-state index is 12.5. The second-order valence-corrected chi connectivity index (χ2v) is 9.61. The van der Waals surface area contributed by atoms with Gasteiger partial charge in [-0.15, -0.1) is 0 Å². The molecule has 0 aliphatic carbocycles. The number of hydrogen-bond acceptors (Lipinski definition) is 6. The van der Waals surface area contributed by atoms with Gasteiger partial charge in [-0.3, -0.25) is 4.79 Å². The van der Waals surface area contributed by atoms with Crippen molar-refractivity contribution < 1.29 is 27.4 Å². The highest BCUT2D eigenvalue weighted by Crippen LogP contribution is 2.38. The first-order valence-electron chi connectivity index (χ1n) is 9.72. The van der Waals surface area contributed by atoms with Gasteiger partial charge in [0.05, 0.1) is 26.2 Å². The summed E-state index contributed by atoms with van der Waals surface area (Å²) >= 11 is 0. The maximum Gasteiger partial charge on any atom is 0.251 e. The van der Waals surface area contributed by atoms with E-state index in [1.807, 2.05) is 0 Å². The summed E-state index contributed by atoms with van der Waals surface area (Å²) in [6, 6.07) is 9.83. The van der Waals surface area contributed by atoms with Crippen molar-refractivity contribution in [3.05, 3.63) is 47.5 Å². The Labute approximate surface area is 184 Å². The van der Waals surface area contributed by atoms with Crippen LogP contribution in [0.1, 0.15) is 36.7 Å². The van der Waals surface area contributed by atoms with Gasteiger partial charge in [0.25, 0.3) is 5.91 Å². The predicted molar refractivity (Wildman–Crippen MR) is 119 cm³/mol. The molecule has 0 aliphatic rings. The summed E-state index contributed by atoms with van der Waals surface area (Å²) in [5.74, 6) is 0.692. The van der Waals surface area contributed by atoms with E-state index in [0.29, 0.717) is 22.8 Å². The van der Waals surface area contributed by atoms with Crippen LogP contribution >= 0.6 is 0 Å². The van der Waals surface area contributed by atoms with Crippen molar-refractivity contribution in [2.24, 2.45) is 0 Å². The van der Waals surface area contributed by atoms with E-state index in [9.17, 15) is 13.2 Å². The van der Waals surface area contributed by atoms with Crippen LogP contribution in [0, 0.1) is 0 Å². The van der Waals surface area contributed by atoms with Gasteiger partial charge >= 0.3 is 0 Å². The summed E-state index contributed by atoms with van der Waals surface area (Å²) in [5, 5.41) is 2.67. The number of rotatable bonds is 9. The van der Waals surface area contributed by atoms with Gasteiger partial charge in [-0.05, 0) is 35.2 Å². The van der Waals surface area contributed by atoms with Crippen LogP contribution in [-0.4, -0.2) is 48.7 Å². The highest BCUT2D eigenvalue weighted by atomic mass is 32.2. The number of nitrogens with one attached hydrogen (secondary N) is 2. The van der Waals surface area contributed by atoms with E-state index < -0.39 is 15.9 Å². The summed E-state index contributed by atoms with van der Waals surface area (Å²) in [5.41, 5.74) is 1.28. The van der Waals surface area contributed by atoms with Gasteiger partial charge in [0.15, 0.2) is 11.5 Å². The highest BCUT2D eigenvalue weighted by molar-refractivity contribution is 7.89. The average Bonchev–Trinajstić information content (AvgIpc) is 2.74. The Morgan fingerprint density at radius 2 is 1.45 bits per heavy atom. The van der Waals surface area contributed by atoms with Crippen LogP contribution < -0.4 is 24.2 Å². The lowest BCUT2D eigenvalue weighted by atomic mass is 9.87. The van der Waals surface area contributed by atoms with Gasteiger partial charge in [0.2, 0.25) is 15.8 Å². The molecule has 0 spiro atoms. The van der Waals surface area contributed by atoms with Crippen molar-refractivity contribution in [3.8, 4) is 17.2 Å². The largest absolute Gasteiger partial charge is 0.493 e. The molecule has 31 heavy (non-hydrogen) atoms. The molecule has 0 bridgehead atoms. The number of carbonyl (C=O) groups is 1. The molecule has 0 saturated heterocycles. The molecule has 9 heteroatoms. The second-order valence-electron chi connectivity index (χ2n) is 7.84. The van der Waals surface area contributed by atoms with Gasteiger partial charge in [0, 0.05) is 18.7 Å². The first-order valence-corrected chi connectivity index (χ1v) is 11.2. The van der Waals surface area contributed by atoms with E-state index in [1.165, 1.54) is 33.5 Å². The zero-order chi connectivity index (χ0) is 23.2. The van der Waals surface area contributed by atoms with Crippen molar-refractivity contribution >= 4 is 15.9 Å². The van der Waals surface area contributed by atoms with Gasteiger partial charge in [-0.25, -0.2) is 13.1 Å². The first kappa shape index (κ1) is 24.5. The Hall–Kier alpha value is -2.78. The minimum absolute atomic E-state index is 0.0412. The molecule has 1 amide bonds. The molecule has 0 saturated carbocycles. The molecule has 0 radical (unpaired) electrons. The fourth-order valence-electron chi connectivity index (χ4n) is 2.89. The van der Waals surface area contributed by atoms with E-state index >= 15 is 0 Å². The lowest BCUT2D eigenvalue weighted by molar-refractivity contribution is 0.0953. The number of carbonyl (C=O) groups excluding carboxylic acids is 1. The third kappa shape index (κ3) is 6.11. The third-order valence-corrected chi connectivity index (χ3v) is 6.14. The molecule has 2 rings (SSSR count). The fourth-order valence-corrected chi connectivity index (χ4v) is 3.92. The summed E-state index contributed by atoms with van der Waals surface area (Å²) in [4.78, 5) is 12.6. The van der Waals surface area contributed by atoms with E-state index in [1.54, 1.807) is 24.3 Å². The molecule has 2 aromatic rings. The average molecular weight is 451 g/mol. The molecule has 2 N–H and O–H groups in total. The van der Waals surface area contributed by atoms with Crippen LogP contribution in [0.5, 0.6) is 17.2 Å². The monoisotopic (exact) mass is 450 g/mol. The SMILES string of the molecule is COc1cc(C(=O)NCCNS(=O)(=O)c2ccc(C(C)(C)C)cc2)cc(OC)c1OC. The Morgan fingerprint density at radius 3 is 1.90 bits per heavy atom. The molecule has 170 valence electrons. The zero-order valence-corrected chi connectivity index (χ0v) is 19.6. The summed E-state index contributed by atoms with van der Waals surface area (Å²) < 4.78 is 43.2. The second kappa shape index (κ2) is 10.0. The summed E-state index contributed by atoms with van der Waals surface area (Å²) in [6.45, 7) is 6.33.